The Morgan fingerprint density at radius 2 is 2.36 bits per heavy atom. The standard InChI is InChI=1S/C9H13N3OS/c1-3-7(11-12-9(10)13)8-5-4-6(2)14-8/h4-5H,3H2,1-2H3,(H3,10,12,13)/b11-7+. The normalized spacial score (nSPS) is 11.4. The smallest absolute Gasteiger partial charge is 0.332 e. The number of amides is 2. The number of nitrogens with one attached hydrogen (secondary N) is 1. The van der Waals surface area contributed by atoms with Crippen molar-refractivity contribution in [1.29, 1.82) is 0 Å². The minimum Gasteiger partial charge on any atom is -0.350 e. The first-order valence-electron chi connectivity index (χ1n) is 4.32. The summed E-state index contributed by atoms with van der Waals surface area (Å²) in [7, 11) is 0. The monoisotopic (exact) mass is 211 g/mol. The van der Waals surface area contributed by atoms with Gasteiger partial charge in [-0.15, -0.1) is 11.3 Å². The van der Waals surface area contributed by atoms with Gasteiger partial charge >= 0.3 is 6.03 Å². The number of aryl methyl sites for hydroxylation is 1. The van der Waals surface area contributed by atoms with Crippen molar-refractivity contribution in [3.63, 3.8) is 0 Å². The number of hydrazone groups is 1. The van der Waals surface area contributed by atoms with Crippen LogP contribution in [0.2, 0.25) is 0 Å². The average Bonchev–Trinajstić information content (AvgIpc) is 2.53. The zero-order valence-electron chi connectivity index (χ0n) is 8.20. The van der Waals surface area contributed by atoms with Gasteiger partial charge in [0.25, 0.3) is 0 Å². The van der Waals surface area contributed by atoms with E-state index in [4.69, 9.17) is 5.73 Å². The number of hydrogen-bond donors (Lipinski definition) is 2. The summed E-state index contributed by atoms with van der Waals surface area (Å²) in [6.45, 7) is 4.01. The van der Waals surface area contributed by atoms with Gasteiger partial charge in [-0.25, -0.2) is 10.2 Å². The van der Waals surface area contributed by atoms with E-state index in [0.717, 1.165) is 17.0 Å². The zero-order valence-corrected chi connectivity index (χ0v) is 9.02. The molecule has 3 N–H and O–H groups in total. The second-order valence-electron chi connectivity index (χ2n) is 2.80. The van der Waals surface area contributed by atoms with E-state index in [9.17, 15) is 4.79 Å². The largest absolute Gasteiger partial charge is 0.350 e. The Kier molecular flexibility index (Phi) is 3.64. The molecule has 0 unspecified atom stereocenters. The quantitative estimate of drug-likeness (QED) is 0.581. The lowest BCUT2D eigenvalue weighted by atomic mass is 10.2. The third-order valence-corrected chi connectivity index (χ3v) is 2.71. The van der Waals surface area contributed by atoms with Crippen molar-refractivity contribution in [3.05, 3.63) is 21.9 Å². The molecule has 0 saturated carbocycles. The molecule has 0 aliphatic rings. The first-order chi connectivity index (χ1) is 6.63. The maximum atomic E-state index is 10.5. The topological polar surface area (TPSA) is 67.5 Å². The molecule has 1 rings (SSSR count). The van der Waals surface area contributed by atoms with Gasteiger partial charge in [-0.1, -0.05) is 6.92 Å². The van der Waals surface area contributed by atoms with Crippen LogP contribution in [0.3, 0.4) is 0 Å². The first kappa shape index (κ1) is 10.7. The molecule has 2 amide bonds. The lowest BCUT2D eigenvalue weighted by molar-refractivity contribution is 0.249. The molecule has 0 fully saturated rings. The van der Waals surface area contributed by atoms with E-state index in [0.29, 0.717) is 0 Å². The van der Waals surface area contributed by atoms with Crippen LogP contribution in [-0.4, -0.2) is 11.7 Å². The first-order valence-corrected chi connectivity index (χ1v) is 5.14. The number of nitrogens with two attached hydrogens (primary N) is 1. The predicted octanol–water partition coefficient (Wildman–Crippen LogP) is 1.84. The van der Waals surface area contributed by atoms with Crippen molar-refractivity contribution in [2.45, 2.75) is 20.3 Å². The summed E-state index contributed by atoms with van der Waals surface area (Å²) < 4.78 is 0. The SMILES string of the molecule is CC/C(=N\NC(N)=O)c1ccc(C)s1. The molecule has 0 aliphatic heterocycles. The highest BCUT2D eigenvalue weighted by atomic mass is 32.1. The molecule has 0 aromatic carbocycles. The fraction of sp³-hybridized carbons (Fsp3) is 0.333. The molecule has 0 saturated heterocycles. The Morgan fingerprint density at radius 3 is 2.79 bits per heavy atom. The van der Waals surface area contributed by atoms with Gasteiger partial charge in [0, 0.05) is 4.88 Å². The van der Waals surface area contributed by atoms with Crippen LogP contribution in [-0.2, 0) is 0 Å². The highest BCUT2D eigenvalue weighted by molar-refractivity contribution is 7.14. The molecule has 0 radical (unpaired) electrons. The van der Waals surface area contributed by atoms with Crippen molar-refractivity contribution in [2.75, 3.05) is 0 Å². The number of carbonyl (C=O) groups is 1. The van der Waals surface area contributed by atoms with E-state index < -0.39 is 6.03 Å². The molecule has 4 nitrogen and oxygen atoms in total. The van der Waals surface area contributed by atoms with Crippen LogP contribution >= 0.6 is 11.3 Å². The van der Waals surface area contributed by atoms with E-state index in [-0.39, 0.29) is 0 Å². The molecule has 0 spiro atoms. The van der Waals surface area contributed by atoms with Crippen LogP contribution in [0.15, 0.2) is 17.2 Å². The summed E-state index contributed by atoms with van der Waals surface area (Å²) in [4.78, 5) is 12.8. The second-order valence-corrected chi connectivity index (χ2v) is 4.09. The summed E-state index contributed by atoms with van der Waals surface area (Å²) in [5.74, 6) is 0. The summed E-state index contributed by atoms with van der Waals surface area (Å²) in [6.07, 6.45) is 0.764. The van der Waals surface area contributed by atoms with Crippen LogP contribution in [0.25, 0.3) is 0 Å². The Morgan fingerprint density at radius 1 is 1.64 bits per heavy atom. The van der Waals surface area contributed by atoms with E-state index in [2.05, 4.69) is 10.5 Å². The Bertz CT molecular complexity index is 357. The van der Waals surface area contributed by atoms with Crippen molar-refractivity contribution >= 4 is 23.1 Å². The molecular formula is C9H13N3OS. The van der Waals surface area contributed by atoms with E-state index in [1.807, 2.05) is 26.0 Å². The minimum atomic E-state index is -0.635. The van der Waals surface area contributed by atoms with E-state index >= 15 is 0 Å². The highest BCUT2D eigenvalue weighted by Crippen LogP contribution is 2.17. The Balaban J connectivity index is 2.81. The second kappa shape index (κ2) is 4.76. The predicted molar refractivity (Wildman–Crippen MR) is 58.6 cm³/mol. The number of hydrogen-bond acceptors (Lipinski definition) is 3. The molecule has 76 valence electrons. The van der Waals surface area contributed by atoms with Crippen LogP contribution in [0.1, 0.15) is 23.1 Å². The molecular weight excluding hydrogens is 198 g/mol. The summed E-state index contributed by atoms with van der Waals surface area (Å²) in [6, 6.07) is 3.38. The maximum absolute atomic E-state index is 10.5. The maximum Gasteiger partial charge on any atom is 0.332 e. The number of rotatable bonds is 3. The van der Waals surface area contributed by atoms with Gasteiger partial charge < -0.3 is 5.73 Å². The van der Waals surface area contributed by atoms with Crippen LogP contribution in [0.4, 0.5) is 4.79 Å². The highest BCUT2D eigenvalue weighted by Gasteiger charge is 2.04. The summed E-state index contributed by atoms with van der Waals surface area (Å²) >= 11 is 1.65. The van der Waals surface area contributed by atoms with Crippen molar-refractivity contribution in [3.8, 4) is 0 Å². The lowest BCUT2D eigenvalue weighted by Gasteiger charge is -1.99. The Hall–Kier alpha value is -1.36. The van der Waals surface area contributed by atoms with Crippen LogP contribution in [0, 0.1) is 6.92 Å². The third-order valence-electron chi connectivity index (χ3n) is 1.66. The summed E-state index contributed by atoms with van der Waals surface area (Å²) in [5.41, 5.74) is 8.01. The lowest BCUT2D eigenvalue weighted by Crippen LogP contribution is -2.25. The molecule has 5 heteroatoms. The van der Waals surface area contributed by atoms with E-state index in [1.165, 1.54) is 4.88 Å². The Labute approximate surface area is 86.8 Å². The van der Waals surface area contributed by atoms with Gasteiger partial charge in [0.15, 0.2) is 0 Å². The number of primary amides is 1. The van der Waals surface area contributed by atoms with Crippen LogP contribution in [0.5, 0.6) is 0 Å². The van der Waals surface area contributed by atoms with Gasteiger partial charge in [-0.3, -0.25) is 0 Å². The van der Waals surface area contributed by atoms with Crippen LogP contribution < -0.4 is 11.2 Å². The fourth-order valence-electron chi connectivity index (χ4n) is 1.02. The molecule has 1 heterocycles. The number of carbonyl (C=O) groups excluding carboxylic acids is 1. The fourth-order valence-corrected chi connectivity index (χ4v) is 1.95. The minimum absolute atomic E-state index is 0.635. The molecule has 0 aliphatic carbocycles. The van der Waals surface area contributed by atoms with Crippen molar-refractivity contribution < 1.29 is 4.79 Å². The van der Waals surface area contributed by atoms with Gasteiger partial charge in [0.1, 0.15) is 0 Å². The zero-order chi connectivity index (χ0) is 10.6. The van der Waals surface area contributed by atoms with Crippen molar-refractivity contribution in [2.24, 2.45) is 10.8 Å². The average molecular weight is 211 g/mol. The number of nitrogens with zero attached hydrogens (tertiary/aromatic N) is 1. The number of urea groups is 1. The summed E-state index contributed by atoms with van der Waals surface area (Å²) in [5, 5.41) is 3.93. The van der Waals surface area contributed by atoms with E-state index in [1.54, 1.807) is 11.3 Å². The molecule has 0 bridgehead atoms. The number of thiophene rings is 1. The van der Waals surface area contributed by atoms with Gasteiger partial charge in [-0.2, -0.15) is 5.10 Å². The van der Waals surface area contributed by atoms with Gasteiger partial charge in [0.2, 0.25) is 0 Å². The van der Waals surface area contributed by atoms with Crippen molar-refractivity contribution in [1.82, 2.24) is 5.43 Å². The van der Waals surface area contributed by atoms with Gasteiger partial charge in [-0.05, 0) is 25.5 Å². The molecule has 14 heavy (non-hydrogen) atoms. The van der Waals surface area contributed by atoms with Gasteiger partial charge in [0.05, 0.1) is 10.6 Å². The third kappa shape index (κ3) is 2.85. The molecule has 0 atom stereocenters. The molecule has 1 aromatic heterocycles. The molecule has 1 aromatic rings.